The molecule has 7 heteroatoms. The highest BCUT2D eigenvalue weighted by Gasteiger charge is 2.23. The van der Waals surface area contributed by atoms with Gasteiger partial charge in [-0.3, -0.25) is 0 Å². The van der Waals surface area contributed by atoms with Crippen molar-refractivity contribution in [2.75, 3.05) is 21.3 Å². The fourth-order valence-corrected chi connectivity index (χ4v) is 2.76. The molecule has 3 rings (SSSR count). The molecule has 0 radical (unpaired) electrons. The third-order valence-electron chi connectivity index (χ3n) is 4.00. The van der Waals surface area contributed by atoms with Crippen LogP contribution in [-0.4, -0.2) is 31.6 Å². The van der Waals surface area contributed by atoms with E-state index in [-0.39, 0.29) is 17.9 Å². The van der Waals surface area contributed by atoms with Gasteiger partial charge in [-0.2, -0.15) is 0 Å². The predicted octanol–water partition coefficient (Wildman–Crippen LogP) is 3.67. The van der Waals surface area contributed by atoms with Crippen LogP contribution in [-0.2, 0) is 6.61 Å². The average Bonchev–Trinajstić information content (AvgIpc) is 3.10. The number of halogens is 1. The summed E-state index contributed by atoms with van der Waals surface area (Å²) in [5.74, 6) is 1.01. The number of aliphatic hydroxyl groups is 1. The molecular formula is C19H18FNO5. The van der Waals surface area contributed by atoms with Crippen LogP contribution in [0.5, 0.6) is 17.2 Å². The zero-order chi connectivity index (χ0) is 18.7. The van der Waals surface area contributed by atoms with Crippen molar-refractivity contribution in [1.29, 1.82) is 0 Å². The molecular weight excluding hydrogens is 341 g/mol. The van der Waals surface area contributed by atoms with Crippen molar-refractivity contribution < 1.29 is 28.2 Å². The topological polar surface area (TPSA) is 74.0 Å². The third kappa shape index (κ3) is 2.97. The minimum Gasteiger partial charge on any atom is -0.493 e. The molecule has 0 atom stereocenters. The van der Waals surface area contributed by atoms with Crippen molar-refractivity contribution >= 4 is 0 Å². The second kappa shape index (κ2) is 7.45. The van der Waals surface area contributed by atoms with Crippen LogP contribution in [0.15, 0.2) is 40.9 Å². The van der Waals surface area contributed by atoms with Crippen molar-refractivity contribution in [2.24, 2.45) is 0 Å². The van der Waals surface area contributed by atoms with Crippen LogP contribution >= 0.6 is 0 Å². The first-order valence-corrected chi connectivity index (χ1v) is 7.79. The second-order valence-corrected chi connectivity index (χ2v) is 5.39. The highest BCUT2D eigenvalue weighted by Crippen LogP contribution is 2.43. The van der Waals surface area contributed by atoms with Crippen LogP contribution in [0.4, 0.5) is 4.39 Å². The number of hydrogen-bond donors (Lipinski definition) is 1. The molecule has 0 bridgehead atoms. The minimum absolute atomic E-state index is 0.175. The van der Waals surface area contributed by atoms with Gasteiger partial charge in [-0.1, -0.05) is 17.3 Å². The van der Waals surface area contributed by atoms with Crippen LogP contribution in [0.25, 0.3) is 22.6 Å². The van der Waals surface area contributed by atoms with Crippen LogP contribution < -0.4 is 14.2 Å². The molecule has 1 aromatic heterocycles. The van der Waals surface area contributed by atoms with Crippen molar-refractivity contribution in [3.63, 3.8) is 0 Å². The summed E-state index contributed by atoms with van der Waals surface area (Å²) in [6.07, 6.45) is 0. The number of ether oxygens (including phenoxy) is 3. The average molecular weight is 359 g/mol. The molecule has 0 saturated carbocycles. The molecule has 26 heavy (non-hydrogen) atoms. The maximum absolute atomic E-state index is 14.1. The van der Waals surface area contributed by atoms with E-state index < -0.39 is 5.82 Å². The molecule has 6 nitrogen and oxygen atoms in total. The van der Waals surface area contributed by atoms with Gasteiger partial charge in [-0.05, 0) is 24.3 Å². The summed E-state index contributed by atoms with van der Waals surface area (Å²) in [5.41, 5.74) is 1.53. The van der Waals surface area contributed by atoms with Crippen molar-refractivity contribution in [3.8, 4) is 39.8 Å². The molecule has 0 saturated heterocycles. The smallest absolute Gasteiger partial charge is 0.203 e. The van der Waals surface area contributed by atoms with E-state index in [0.29, 0.717) is 34.1 Å². The highest BCUT2D eigenvalue weighted by molar-refractivity contribution is 5.76. The summed E-state index contributed by atoms with van der Waals surface area (Å²) in [6.45, 7) is -0.376. The Morgan fingerprint density at radius 1 is 1.04 bits per heavy atom. The summed E-state index contributed by atoms with van der Waals surface area (Å²) in [7, 11) is 4.51. The largest absolute Gasteiger partial charge is 0.493 e. The molecule has 0 amide bonds. The van der Waals surface area contributed by atoms with Crippen molar-refractivity contribution in [3.05, 3.63) is 47.8 Å². The standard InChI is InChI=1S/C19H18FNO5/c1-23-15-8-11(9-16(24-2)19(15)25-3)17-13(10-22)18(26-21-17)12-6-4-5-7-14(12)20/h4-9,22H,10H2,1-3H3. The molecule has 0 fully saturated rings. The molecule has 136 valence electrons. The minimum atomic E-state index is -0.463. The molecule has 0 aliphatic heterocycles. The first kappa shape index (κ1) is 17.8. The van der Waals surface area contributed by atoms with Crippen molar-refractivity contribution in [1.82, 2.24) is 5.16 Å². The van der Waals surface area contributed by atoms with Gasteiger partial charge < -0.3 is 23.8 Å². The van der Waals surface area contributed by atoms with E-state index in [1.54, 1.807) is 30.3 Å². The zero-order valence-corrected chi connectivity index (χ0v) is 14.6. The fourth-order valence-electron chi connectivity index (χ4n) is 2.76. The molecule has 0 aliphatic rings. The van der Waals surface area contributed by atoms with Crippen LogP contribution in [0, 0.1) is 5.82 Å². The highest BCUT2D eigenvalue weighted by atomic mass is 19.1. The van der Waals surface area contributed by atoms with Crippen molar-refractivity contribution in [2.45, 2.75) is 6.61 Å². The predicted molar refractivity (Wildman–Crippen MR) is 92.9 cm³/mol. The normalized spacial score (nSPS) is 10.7. The van der Waals surface area contributed by atoms with Gasteiger partial charge in [-0.25, -0.2) is 4.39 Å². The summed E-state index contributed by atoms with van der Waals surface area (Å²) in [6, 6.07) is 9.51. The summed E-state index contributed by atoms with van der Waals surface area (Å²) in [4.78, 5) is 0. The van der Waals surface area contributed by atoms with Gasteiger partial charge in [0, 0.05) is 5.56 Å². The molecule has 3 aromatic rings. The SMILES string of the molecule is COc1cc(-c2noc(-c3ccccc3F)c2CO)cc(OC)c1OC. The van der Waals surface area contributed by atoms with Crippen LogP contribution in [0.2, 0.25) is 0 Å². The van der Waals surface area contributed by atoms with Gasteiger partial charge in [0.05, 0.1) is 39.1 Å². The summed E-state index contributed by atoms with van der Waals surface area (Å²) in [5, 5.41) is 13.9. The van der Waals surface area contributed by atoms with Gasteiger partial charge in [0.15, 0.2) is 17.3 Å². The Bertz CT molecular complexity index is 897. The first-order chi connectivity index (χ1) is 12.6. The molecule has 2 aromatic carbocycles. The molecule has 1 N–H and O–H groups in total. The van der Waals surface area contributed by atoms with Crippen LogP contribution in [0.3, 0.4) is 0 Å². The maximum atomic E-state index is 14.1. The monoisotopic (exact) mass is 359 g/mol. The number of methoxy groups -OCH3 is 3. The molecule has 0 aliphatic carbocycles. The van der Waals surface area contributed by atoms with Gasteiger partial charge in [0.25, 0.3) is 0 Å². The van der Waals surface area contributed by atoms with Gasteiger partial charge >= 0.3 is 0 Å². The van der Waals surface area contributed by atoms with Gasteiger partial charge in [0.2, 0.25) is 5.75 Å². The Labute approximate surface area is 149 Å². The Balaban J connectivity index is 2.18. The number of hydrogen-bond acceptors (Lipinski definition) is 6. The molecule has 0 spiro atoms. The van der Waals surface area contributed by atoms with E-state index in [2.05, 4.69) is 5.16 Å². The summed E-state index contributed by atoms with van der Waals surface area (Å²) >= 11 is 0. The Morgan fingerprint density at radius 3 is 2.23 bits per heavy atom. The zero-order valence-electron chi connectivity index (χ0n) is 14.6. The quantitative estimate of drug-likeness (QED) is 0.724. The lowest BCUT2D eigenvalue weighted by Crippen LogP contribution is -1.97. The first-order valence-electron chi connectivity index (χ1n) is 7.79. The number of benzene rings is 2. The summed E-state index contributed by atoms with van der Waals surface area (Å²) < 4.78 is 35.4. The van der Waals surface area contributed by atoms with E-state index in [4.69, 9.17) is 18.7 Å². The Hall–Kier alpha value is -3.06. The fraction of sp³-hybridized carbons (Fsp3) is 0.211. The van der Waals surface area contributed by atoms with Gasteiger partial charge in [-0.15, -0.1) is 0 Å². The lowest BCUT2D eigenvalue weighted by Gasteiger charge is -2.13. The van der Waals surface area contributed by atoms with E-state index in [9.17, 15) is 9.50 Å². The number of aliphatic hydroxyl groups excluding tert-OH is 1. The second-order valence-electron chi connectivity index (χ2n) is 5.39. The maximum Gasteiger partial charge on any atom is 0.203 e. The number of aromatic nitrogens is 1. The van der Waals surface area contributed by atoms with Gasteiger partial charge in [0.1, 0.15) is 11.5 Å². The Kier molecular flexibility index (Phi) is 5.09. The van der Waals surface area contributed by atoms with E-state index >= 15 is 0 Å². The lowest BCUT2D eigenvalue weighted by atomic mass is 10.0. The van der Waals surface area contributed by atoms with Crippen LogP contribution in [0.1, 0.15) is 5.56 Å². The van der Waals surface area contributed by atoms with E-state index in [0.717, 1.165) is 0 Å². The molecule has 0 unspecified atom stereocenters. The Morgan fingerprint density at radius 2 is 1.69 bits per heavy atom. The lowest BCUT2D eigenvalue weighted by molar-refractivity contribution is 0.281. The number of nitrogens with zero attached hydrogens (tertiary/aromatic N) is 1. The molecule has 1 heterocycles. The van der Waals surface area contributed by atoms with E-state index in [1.165, 1.54) is 27.4 Å². The third-order valence-corrected chi connectivity index (χ3v) is 4.00. The number of rotatable bonds is 6. The van der Waals surface area contributed by atoms with E-state index in [1.807, 2.05) is 0 Å².